The highest BCUT2D eigenvalue weighted by Crippen LogP contribution is 2.38. The first kappa shape index (κ1) is 18.6. The second-order valence-corrected chi connectivity index (χ2v) is 6.49. The van der Waals surface area contributed by atoms with Crippen LogP contribution in [0.3, 0.4) is 0 Å². The van der Waals surface area contributed by atoms with Gasteiger partial charge >= 0.3 is 12.2 Å². The van der Waals surface area contributed by atoms with Gasteiger partial charge in [0.2, 0.25) is 0 Å². The van der Waals surface area contributed by atoms with Crippen molar-refractivity contribution < 1.29 is 18.0 Å². The van der Waals surface area contributed by atoms with E-state index in [0.717, 1.165) is 22.9 Å². The maximum absolute atomic E-state index is 13.3. The molecule has 0 radical (unpaired) electrons. The Balaban J connectivity index is 1.51. The molecule has 146 valence electrons. The minimum Gasteiger partial charge on any atom is -0.335 e. The van der Waals surface area contributed by atoms with Crippen LogP contribution < -0.4 is 10.6 Å². The highest BCUT2D eigenvalue weighted by Gasteiger charge is 2.34. The maximum atomic E-state index is 13.3. The number of alkyl halides is 3. The number of nitriles is 1. The van der Waals surface area contributed by atoms with Gasteiger partial charge in [-0.15, -0.1) is 0 Å². The van der Waals surface area contributed by atoms with Gasteiger partial charge in [0.1, 0.15) is 0 Å². The zero-order chi connectivity index (χ0) is 20.6. The summed E-state index contributed by atoms with van der Waals surface area (Å²) >= 11 is 0. The fraction of sp³-hybridized carbons (Fsp3) is 0.150. The van der Waals surface area contributed by atoms with E-state index in [1.54, 1.807) is 18.6 Å². The Hall–Kier alpha value is -3.80. The Bertz CT molecular complexity index is 1130. The molecule has 1 aromatic heterocycles. The largest absolute Gasteiger partial charge is 0.418 e. The van der Waals surface area contributed by atoms with Crippen LogP contribution in [0.15, 0.2) is 55.0 Å². The lowest BCUT2D eigenvalue weighted by molar-refractivity contribution is -0.136. The summed E-state index contributed by atoms with van der Waals surface area (Å²) in [6, 6.07) is 11.4. The Kier molecular flexibility index (Phi) is 4.47. The van der Waals surface area contributed by atoms with Crippen LogP contribution in [0.25, 0.3) is 11.3 Å². The number of hydrogen-bond acceptors (Lipinski definition) is 3. The Morgan fingerprint density at radius 3 is 2.79 bits per heavy atom. The number of hydrogen-bond donors (Lipinski definition) is 2. The van der Waals surface area contributed by atoms with Gasteiger partial charge in [-0.3, -0.25) is 0 Å². The van der Waals surface area contributed by atoms with Crippen LogP contribution in [-0.2, 0) is 6.18 Å². The first-order valence-electron chi connectivity index (χ1n) is 8.66. The average Bonchev–Trinajstić information content (AvgIpc) is 3.27. The summed E-state index contributed by atoms with van der Waals surface area (Å²) in [7, 11) is 0. The number of benzene rings is 2. The SMILES string of the molecule is N#Cc1ccc(NC(=O)NCC2c3ccccc3-c3cncn32)c(C(F)(F)F)c1. The molecule has 2 heterocycles. The Morgan fingerprint density at radius 1 is 1.24 bits per heavy atom. The Morgan fingerprint density at radius 2 is 2.03 bits per heavy atom. The number of carbonyl (C=O) groups excluding carboxylic acids is 1. The molecule has 1 atom stereocenters. The smallest absolute Gasteiger partial charge is 0.335 e. The molecule has 2 N–H and O–H groups in total. The molecular weight excluding hydrogens is 383 g/mol. The van der Waals surface area contributed by atoms with Crippen molar-refractivity contribution in [1.29, 1.82) is 5.26 Å². The predicted octanol–water partition coefficient (Wildman–Crippen LogP) is 4.17. The van der Waals surface area contributed by atoms with Crippen molar-refractivity contribution in [3.8, 4) is 17.3 Å². The molecule has 4 rings (SSSR count). The van der Waals surface area contributed by atoms with E-state index in [9.17, 15) is 18.0 Å². The molecule has 1 aliphatic rings. The summed E-state index contributed by atoms with van der Waals surface area (Å²) in [5.41, 5.74) is 1.29. The number of aromatic nitrogens is 2. The summed E-state index contributed by atoms with van der Waals surface area (Å²) in [5.74, 6) is 0. The molecule has 29 heavy (non-hydrogen) atoms. The van der Waals surface area contributed by atoms with E-state index >= 15 is 0 Å². The maximum Gasteiger partial charge on any atom is 0.418 e. The number of halogens is 3. The fourth-order valence-electron chi connectivity index (χ4n) is 3.45. The first-order chi connectivity index (χ1) is 13.9. The number of nitrogens with one attached hydrogen (secondary N) is 2. The standard InChI is InChI=1S/C20H14F3N5O/c21-20(22,23)15-7-12(8-24)5-6-16(15)27-19(29)26-10-18-14-4-2-1-3-13(14)17-9-25-11-28(17)18/h1-7,9,11,18H,10H2,(H2,26,27,29). The average molecular weight is 397 g/mol. The summed E-state index contributed by atoms with van der Waals surface area (Å²) in [6.07, 6.45) is -1.32. The fourth-order valence-corrected chi connectivity index (χ4v) is 3.45. The van der Waals surface area contributed by atoms with Crippen LogP contribution in [0.2, 0.25) is 0 Å². The van der Waals surface area contributed by atoms with Gasteiger partial charge in [-0.1, -0.05) is 24.3 Å². The topological polar surface area (TPSA) is 82.7 Å². The van der Waals surface area contributed by atoms with Crippen LogP contribution in [0.1, 0.15) is 22.7 Å². The van der Waals surface area contributed by atoms with Crippen LogP contribution in [0, 0.1) is 11.3 Å². The zero-order valence-electron chi connectivity index (χ0n) is 14.9. The molecule has 6 nitrogen and oxygen atoms in total. The zero-order valence-corrected chi connectivity index (χ0v) is 14.9. The summed E-state index contributed by atoms with van der Waals surface area (Å²) in [4.78, 5) is 16.4. The normalized spacial score (nSPS) is 14.6. The van der Waals surface area contributed by atoms with Crippen LogP contribution >= 0.6 is 0 Å². The molecule has 0 saturated heterocycles. The highest BCUT2D eigenvalue weighted by atomic mass is 19.4. The van der Waals surface area contributed by atoms with E-state index in [1.165, 1.54) is 6.07 Å². The molecule has 0 saturated carbocycles. The van der Waals surface area contributed by atoms with Gasteiger partial charge in [0, 0.05) is 12.1 Å². The van der Waals surface area contributed by atoms with E-state index in [2.05, 4.69) is 15.6 Å². The van der Waals surface area contributed by atoms with E-state index in [-0.39, 0.29) is 18.2 Å². The molecule has 0 aliphatic carbocycles. The number of anilines is 1. The van der Waals surface area contributed by atoms with E-state index in [0.29, 0.717) is 6.07 Å². The summed E-state index contributed by atoms with van der Waals surface area (Å²) in [5, 5.41) is 13.7. The van der Waals surface area contributed by atoms with Gasteiger partial charge in [0.25, 0.3) is 0 Å². The van der Waals surface area contributed by atoms with Crippen molar-refractivity contribution in [1.82, 2.24) is 14.9 Å². The lowest BCUT2D eigenvalue weighted by Gasteiger charge is -2.17. The van der Waals surface area contributed by atoms with Gasteiger partial charge in [-0.25, -0.2) is 9.78 Å². The molecular formula is C20H14F3N5O. The van der Waals surface area contributed by atoms with Crippen molar-refractivity contribution in [2.24, 2.45) is 0 Å². The van der Waals surface area contributed by atoms with Crippen molar-refractivity contribution in [2.45, 2.75) is 12.2 Å². The molecule has 2 amide bonds. The third-order valence-corrected chi connectivity index (χ3v) is 4.76. The molecule has 1 unspecified atom stereocenters. The minimum absolute atomic E-state index is 0.140. The molecule has 2 aromatic carbocycles. The second-order valence-electron chi connectivity index (χ2n) is 6.49. The van der Waals surface area contributed by atoms with E-state index < -0.39 is 23.5 Å². The van der Waals surface area contributed by atoms with Crippen molar-refractivity contribution in [3.05, 3.63) is 71.7 Å². The molecule has 3 aromatic rings. The monoisotopic (exact) mass is 397 g/mol. The van der Waals surface area contributed by atoms with Crippen LogP contribution in [-0.4, -0.2) is 22.1 Å². The summed E-state index contributed by atoms with van der Waals surface area (Å²) in [6.45, 7) is 0.170. The van der Waals surface area contributed by atoms with Gasteiger partial charge in [0.05, 0.1) is 47.1 Å². The number of nitrogens with zero attached hydrogens (tertiary/aromatic N) is 3. The molecule has 0 fully saturated rings. The predicted molar refractivity (Wildman–Crippen MR) is 99.0 cm³/mol. The Labute approximate surface area is 163 Å². The van der Waals surface area contributed by atoms with Crippen molar-refractivity contribution >= 4 is 11.7 Å². The number of amides is 2. The number of rotatable bonds is 3. The number of imidazole rings is 1. The third-order valence-electron chi connectivity index (χ3n) is 4.76. The first-order valence-corrected chi connectivity index (χ1v) is 8.66. The van der Waals surface area contributed by atoms with E-state index in [1.807, 2.05) is 28.8 Å². The van der Waals surface area contributed by atoms with Gasteiger partial charge in [0.15, 0.2) is 0 Å². The van der Waals surface area contributed by atoms with Gasteiger partial charge in [-0.05, 0) is 23.8 Å². The lowest BCUT2D eigenvalue weighted by atomic mass is 10.0. The number of urea groups is 1. The summed E-state index contributed by atoms with van der Waals surface area (Å²) < 4.78 is 41.7. The van der Waals surface area contributed by atoms with E-state index in [4.69, 9.17) is 5.26 Å². The van der Waals surface area contributed by atoms with Crippen molar-refractivity contribution in [3.63, 3.8) is 0 Å². The van der Waals surface area contributed by atoms with Crippen LogP contribution in [0.4, 0.5) is 23.7 Å². The lowest BCUT2D eigenvalue weighted by Crippen LogP contribution is -2.34. The van der Waals surface area contributed by atoms with Gasteiger partial charge < -0.3 is 15.2 Å². The molecule has 9 heteroatoms. The number of fused-ring (bicyclic) bond motifs is 3. The second kappa shape index (κ2) is 6.98. The minimum atomic E-state index is -4.70. The van der Waals surface area contributed by atoms with Gasteiger partial charge in [-0.2, -0.15) is 18.4 Å². The molecule has 1 aliphatic heterocycles. The molecule has 0 bridgehead atoms. The third kappa shape index (κ3) is 3.40. The van der Waals surface area contributed by atoms with Crippen molar-refractivity contribution in [2.75, 3.05) is 11.9 Å². The molecule has 0 spiro atoms. The van der Waals surface area contributed by atoms with Crippen LogP contribution in [0.5, 0.6) is 0 Å². The quantitative estimate of drug-likeness (QED) is 0.696. The highest BCUT2D eigenvalue weighted by molar-refractivity contribution is 5.90. The number of carbonyl (C=O) groups is 1.